The number of carbonyl (C=O) groups is 2. The molecule has 1 aliphatic rings. The Hall–Kier alpha value is -1.40. The highest BCUT2D eigenvalue weighted by atomic mass is 32.1. The Labute approximate surface area is 135 Å². The van der Waals surface area contributed by atoms with Crippen molar-refractivity contribution in [3.8, 4) is 0 Å². The standard InChI is InChI=1S/C16H24N2O3S/c1-12(2)15(19)18-7-4-6-17(8-9-18)11-13-5-10-22-14(13)16(20)21-3/h5,10,12H,4,6-9,11H2,1-3H3. The number of thiophene rings is 1. The van der Waals surface area contributed by atoms with Gasteiger partial charge in [0.25, 0.3) is 0 Å². The molecule has 0 spiro atoms. The van der Waals surface area contributed by atoms with E-state index in [1.165, 1.54) is 18.4 Å². The average Bonchev–Trinajstić information content (AvgIpc) is 2.83. The molecule has 2 rings (SSSR count). The largest absolute Gasteiger partial charge is 0.465 e. The van der Waals surface area contributed by atoms with Crippen molar-refractivity contribution in [1.82, 2.24) is 9.80 Å². The molecular formula is C16H24N2O3S. The maximum atomic E-state index is 12.1. The van der Waals surface area contributed by atoms with Crippen LogP contribution in [0.5, 0.6) is 0 Å². The first kappa shape index (κ1) is 17.0. The van der Waals surface area contributed by atoms with Crippen LogP contribution in [-0.4, -0.2) is 55.0 Å². The number of nitrogens with zero attached hydrogens (tertiary/aromatic N) is 2. The van der Waals surface area contributed by atoms with Crippen molar-refractivity contribution in [2.75, 3.05) is 33.3 Å². The lowest BCUT2D eigenvalue weighted by Crippen LogP contribution is -2.37. The summed E-state index contributed by atoms with van der Waals surface area (Å²) in [5, 5.41) is 1.92. The third-order valence-corrected chi connectivity index (χ3v) is 4.84. The van der Waals surface area contributed by atoms with Gasteiger partial charge in [0, 0.05) is 38.6 Å². The maximum Gasteiger partial charge on any atom is 0.348 e. The quantitative estimate of drug-likeness (QED) is 0.797. The summed E-state index contributed by atoms with van der Waals surface area (Å²) >= 11 is 1.42. The summed E-state index contributed by atoms with van der Waals surface area (Å²) in [6.07, 6.45) is 0.968. The molecule has 0 aromatic carbocycles. The molecular weight excluding hydrogens is 300 g/mol. The molecule has 1 saturated heterocycles. The number of hydrogen-bond acceptors (Lipinski definition) is 5. The fourth-order valence-electron chi connectivity index (χ4n) is 2.69. The highest BCUT2D eigenvalue weighted by molar-refractivity contribution is 7.12. The van der Waals surface area contributed by atoms with Gasteiger partial charge in [0.2, 0.25) is 5.91 Å². The molecule has 22 heavy (non-hydrogen) atoms. The van der Waals surface area contributed by atoms with Crippen molar-refractivity contribution in [2.45, 2.75) is 26.8 Å². The summed E-state index contributed by atoms with van der Waals surface area (Å²) in [5.74, 6) is 0.0124. The summed E-state index contributed by atoms with van der Waals surface area (Å²) in [6, 6.07) is 1.98. The van der Waals surface area contributed by atoms with E-state index in [1.54, 1.807) is 0 Å². The van der Waals surface area contributed by atoms with Crippen molar-refractivity contribution in [1.29, 1.82) is 0 Å². The average molecular weight is 324 g/mol. The Kier molecular flexibility index (Phi) is 5.97. The number of amides is 1. The molecule has 0 saturated carbocycles. The second-order valence-corrected chi connectivity index (χ2v) is 6.79. The summed E-state index contributed by atoms with van der Waals surface area (Å²) in [5.41, 5.74) is 1.01. The Bertz CT molecular complexity index is 527. The van der Waals surface area contributed by atoms with Crippen LogP contribution in [0.1, 0.15) is 35.5 Å². The topological polar surface area (TPSA) is 49.9 Å². The molecule has 6 heteroatoms. The molecule has 0 bridgehead atoms. The highest BCUT2D eigenvalue weighted by Gasteiger charge is 2.22. The van der Waals surface area contributed by atoms with Gasteiger partial charge < -0.3 is 9.64 Å². The van der Waals surface area contributed by atoms with E-state index in [4.69, 9.17) is 4.74 Å². The number of rotatable bonds is 4. The predicted octanol–water partition coefficient (Wildman–Crippen LogP) is 2.23. The van der Waals surface area contributed by atoms with Crippen LogP contribution in [0.2, 0.25) is 0 Å². The van der Waals surface area contributed by atoms with E-state index in [9.17, 15) is 9.59 Å². The molecule has 0 unspecified atom stereocenters. The molecule has 0 radical (unpaired) electrons. The van der Waals surface area contributed by atoms with Crippen LogP contribution in [0.15, 0.2) is 11.4 Å². The Morgan fingerprint density at radius 3 is 2.73 bits per heavy atom. The molecule has 5 nitrogen and oxygen atoms in total. The summed E-state index contributed by atoms with van der Waals surface area (Å²) in [7, 11) is 1.41. The smallest absolute Gasteiger partial charge is 0.348 e. The fraction of sp³-hybridized carbons (Fsp3) is 0.625. The first-order chi connectivity index (χ1) is 10.5. The van der Waals surface area contributed by atoms with E-state index >= 15 is 0 Å². The zero-order valence-corrected chi connectivity index (χ0v) is 14.3. The van der Waals surface area contributed by atoms with Gasteiger partial charge in [0.1, 0.15) is 4.88 Å². The van der Waals surface area contributed by atoms with Gasteiger partial charge >= 0.3 is 5.97 Å². The van der Waals surface area contributed by atoms with E-state index in [2.05, 4.69) is 4.90 Å². The Balaban J connectivity index is 1.96. The Morgan fingerprint density at radius 1 is 1.27 bits per heavy atom. The molecule has 0 aliphatic carbocycles. The SMILES string of the molecule is COC(=O)c1sccc1CN1CCCN(C(=O)C(C)C)CC1. The van der Waals surface area contributed by atoms with Gasteiger partial charge in [-0.25, -0.2) is 4.79 Å². The van der Waals surface area contributed by atoms with Crippen molar-refractivity contribution in [3.63, 3.8) is 0 Å². The lowest BCUT2D eigenvalue weighted by Gasteiger charge is -2.23. The molecule has 1 fully saturated rings. The van der Waals surface area contributed by atoms with E-state index < -0.39 is 0 Å². The second kappa shape index (κ2) is 7.74. The molecule has 1 aromatic rings. The number of ether oxygens (including phenoxy) is 1. The van der Waals surface area contributed by atoms with Crippen molar-refractivity contribution in [2.24, 2.45) is 5.92 Å². The first-order valence-corrected chi connectivity index (χ1v) is 8.56. The minimum atomic E-state index is -0.267. The van der Waals surface area contributed by atoms with Crippen LogP contribution in [-0.2, 0) is 16.1 Å². The number of esters is 1. The van der Waals surface area contributed by atoms with Crippen LogP contribution in [0.4, 0.5) is 0 Å². The maximum absolute atomic E-state index is 12.1. The van der Waals surface area contributed by atoms with Crippen molar-refractivity contribution >= 4 is 23.2 Å². The molecule has 2 heterocycles. The highest BCUT2D eigenvalue weighted by Crippen LogP contribution is 2.20. The summed E-state index contributed by atoms with van der Waals surface area (Å²) < 4.78 is 4.82. The van der Waals surface area contributed by atoms with Gasteiger partial charge in [-0.05, 0) is 23.4 Å². The van der Waals surface area contributed by atoms with Crippen molar-refractivity contribution < 1.29 is 14.3 Å². The van der Waals surface area contributed by atoms with E-state index in [0.717, 1.165) is 44.7 Å². The zero-order valence-electron chi connectivity index (χ0n) is 13.5. The van der Waals surface area contributed by atoms with E-state index in [1.807, 2.05) is 30.2 Å². The van der Waals surface area contributed by atoms with Gasteiger partial charge in [-0.3, -0.25) is 9.69 Å². The number of hydrogen-bond donors (Lipinski definition) is 0. The van der Waals surface area contributed by atoms with Gasteiger partial charge in [-0.2, -0.15) is 0 Å². The van der Waals surface area contributed by atoms with Crippen LogP contribution in [0.25, 0.3) is 0 Å². The molecule has 0 atom stereocenters. The third kappa shape index (κ3) is 4.08. The zero-order chi connectivity index (χ0) is 16.1. The minimum absolute atomic E-state index is 0.0503. The molecule has 1 amide bonds. The van der Waals surface area contributed by atoms with Crippen LogP contribution in [0, 0.1) is 5.92 Å². The number of carbonyl (C=O) groups excluding carboxylic acids is 2. The van der Waals surface area contributed by atoms with Crippen molar-refractivity contribution in [3.05, 3.63) is 21.9 Å². The van der Waals surface area contributed by atoms with Crippen LogP contribution >= 0.6 is 11.3 Å². The Morgan fingerprint density at radius 2 is 2.05 bits per heavy atom. The normalized spacial score (nSPS) is 16.6. The van der Waals surface area contributed by atoms with E-state index in [-0.39, 0.29) is 17.8 Å². The molecule has 1 aliphatic heterocycles. The monoisotopic (exact) mass is 324 g/mol. The van der Waals surface area contributed by atoms with Crippen LogP contribution < -0.4 is 0 Å². The van der Waals surface area contributed by atoms with Gasteiger partial charge in [0.05, 0.1) is 7.11 Å². The third-order valence-electron chi connectivity index (χ3n) is 3.91. The van der Waals surface area contributed by atoms with E-state index in [0.29, 0.717) is 4.88 Å². The first-order valence-electron chi connectivity index (χ1n) is 7.68. The fourth-order valence-corrected chi connectivity index (χ4v) is 3.52. The predicted molar refractivity (Wildman–Crippen MR) is 87.0 cm³/mol. The lowest BCUT2D eigenvalue weighted by atomic mass is 10.2. The minimum Gasteiger partial charge on any atom is -0.465 e. The number of methoxy groups -OCH3 is 1. The van der Waals surface area contributed by atoms with Crippen LogP contribution in [0.3, 0.4) is 0 Å². The molecule has 122 valence electrons. The summed E-state index contributed by atoms with van der Waals surface area (Å²) in [4.78, 5) is 28.8. The molecule has 0 N–H and O–H groups in total. The summed E-state index contributed by atoms with van der Waals surface area (Å²) in [6.45, 7) is 7.98. The molecule has 1 aromatic heterocycles. The van der Waals surface area contributed by atoms with Gasteiger partial charge in [-0.15, -0.1) is 11.3 Å². The van der Waals surface area contributed by atoms with Gasteiger partial charge in [-0.1, -0.05) is 13.8 Å². The lowest BCUT2D eigenvalue weighted by molar-refractivity contribution is -0.134. The van der Waals surface area contributed by atoms with Gasteiger partial charge in [0.15, 0.2) is 0 Å². The second-order valence-electron chi connectivity index (χ2n) is 5.88.